The first-order valence-corrected chi connectivity index (χ1v) is 10.2. The van der Waals surface area contributed by atoms with Crippen LogP contribution in [-0.2, 0) is 19.4 Å². The summed E-state index contributed by atoms with van der Waals surface area (Å²) in [5.41, 5.74) is 3.18. The van der Waals surface area contributed by atoms with Gasteiger partial charge >= 0.3 is 0 Å². The second-order valence-corrected chi connectivity index (χ2v) is 7.34. The number of rotatable bonds is 8. The summed E-state index contributed by atoms with van der Waals surface area (Å²) >= 11 is 0. The van der Waals surface area contributed by atoms with E-state index >= 15 is 0 Å². The molecule has 1 atom stereocenters. The Kier molecular flexibility index (Phi) is 6.14. The zero-order valence-electron chi connectivity index (χ0n) is 16.6. The second kappa shape index (κ2) is 9.13. The Hall–Kier alpha value is -2.80. The van der Waals surface area contributed by atoms with Crippen molar-refractivity contribution >= 4 is 0 Å². The summed E-state index contributed by atoms with van der Waals surface area (Å²) < 4.78 is 19.2. The van der Waals surface area contributed by atoms with E-state index in [0.717, 1.165) is 55.1 Å². The molecule has 3 aromatic rings. The van der Waals surface area contributed by atoms with E-state index in [1.807, 2.05) is 12.4 Å². The lowest BCUT2D eigenvalue weighted by Gasteiger charge is -2.22. The minimum Gasteiger partial charge on any atom is -0.490 e. The number of nitrogens with zero attached hydrogens (tertiary/aromatic N) is 4. The fraction of sp³-hybridized carbons (Fsp3) is 0.409. The zero-order chi connectivity index (χ0) is 20.1. The Morgan fingerprint density at radius 3 is 2.86 bits per heavy atom. The Labute approximate surface area is 170 Å². The molecule has 0 saturated carbocycles. The summed E-state index contributed by atoms with van der Waals surface area (Å²) in [6.07, 6.45) is 7.60. The second-order valence-electron chi connectivity index (χ2n) is 7.34. The number of ether oxygens (including phenoxy) is 1. The SMILES string of the molecule is CCc1ncc(CN2CCC[C@H]2c2cc(CCOc3ccccc3F)[nH]n2)cn1. The number of H-pyrrole nitrogens is 1. The minimum atomic E-state index is -0.338. The molecular formula is C22H26FN5O. The van der Waals surface area contributed by atoms with Crippen LogP contribution in [-0.4, -0.2) is 38.2 Å². The molecule has 0 spiro atoms. The number of hydrogen-bond donors (Lipinski definition) is 1. The summed E-state index contributed by atoms with van der Waals surface area (Å²) in [6, 6.07) is 8.85. The molecule has 1 aromatic carbocycles. The molecule has 1 saturated heterocycles. The molecule has 152 valence electrons. The Balaban J connectivity index is 1.34. The number of para-hydroxylation sites is 1. The molecular weight excluding hydrogens is 369 g/mol. The Bertz CT molecular complexity index is 927. The van der Waals surface area contributed by atoms with Crippen molar-refractivity contribution in [1.82, 2.24) is 25.1 Å². The van der Waals surface area contributed by atoms with Crippen molar-refractivity contribution in [3.05, 3.63) is 71.3 Å². The van der Waals surface area contributed by atoms with Crippen LogP contribution in [0.2, 0.25) is 0 Å². The number of nitrogens with one attached hydrogen (secondary N) is 1. The van der Waals surface area contributed by atoms with Crippen LogP contribution >= 0.6 is 0 Å². The van der Waals surface area contributed by atoms with Crippen LogP contribution < -0.4 is 4.74 Å². The van der Waals surface area contributed by atoms with Crippen molar-refractivity contribution in [2.45, 2.75) is 45.2 Å². The lowest BCUT2D eigenvalue weighted by atomic mass is 10.1. The number of aryl methyl sites for hydroxylation is 1. The van der Waals surface area contributed by atoms with Crippen molar-refractivity contribution in [1.29, 1.82) is 0 Å². The van der Waals surface area contributed by atoms with E-state index in [-0.39, 0.29) is 11.6 Å². The summed E-state index contributed by atoms with van der Waals surface area (Å²) in [5, 5.41) is 7.64. The molecule has 1 N–H and O–H groups in total. The molecule has 0 amide bonds. The van der Waals surface area contributed by atoms with Gasteiger partial charge in [-0.15, -0.1) is 0 Å². The van der Waals surface area contributed by atoms with Crippen LogP contribution in [0.25, 0.3) is 0 Å². The van der Waals surface area contributed by atoms with E-state index in [1.54, 1.807) is 18.2 Å². The average molecular weight is 395 g/mol. The molecule has 1 aliphatic heterocycles. The Morgan fingerprint density at radius 1 is 1.24 bits per heavy atom. The predicted octanol–water partition coefficient (Wildman–Crippen LogP) is 3.86. The van der Waals surface area contributed by atoms with Crippen molar-refractivity contribution in [3.8, 4) is 5.75 Å². The maximum atomic E-state index is 13.6. The van der Waals surface area contributed by atoms with Crippen LogP contribution in [0.3, 0.4) is 0 Å². The number of aromatic amines is 1. The van der Waals surface area contributed by atoms with E-state index in [1.165, 1.54) is 6.07 Å². The monoisotopic (exact) mass is 395 g/mol. The molecule has 2 aromatic heterocycles. The lowest BCUT2D eigenvalue weighted by Crippen LogP contribution is -2.23. The number of aromatic nitrogens is 4. The van der Waals surface area contributed by atoms with Crippen molar-refractivity contribution < 1.29 is 9.13 Å². The first-order valence-electron chi connectivity index (χ1n) is 10.2. The molecule has 1 aliphatic rings. The molecule has 0 unspecified atom stereocenters. The molecule has 0 bridgehead atoms. The fourth-order valence-electron chi connectivity index (χ4n) is 3.74. The van der Waals surface area contributed by atoms with Gasteiger partial charge in [-0.2, -0.15) is 5.10 Å². The molecule has 3 heterocycles. The van der Waals surface area contributed by atoms with Gasteiger partial charge < -0.3 is 4.74 Å². The van der Waals surface area contributed by atoms with Crippen molar-refractivity contribution in [2.24, 2.45) is 0 Å². The van der Waals surface area contributed by atoms with Crippen LogP contribution in [0.4, 0.5) is 4.39 Å². The van der Waals surface area contributed by atoms with Crippen LogP contribution in [0.5, 0.6) is 5.75 Å². The number of hydrogen-bond acceptors (Lipinski definition) is 5. The average Bonchev–Trinajstić information content (AvgIpc) is 3.39. The fourth-order valence-corrected chi connectivity index (χ4v) is 3.74. The third kappa shape index (κ3) is 4.79. The first-order chi connectivity index (χ1) is 14.2. The summed E-state index contributed by atoms with van der Waals surface area (Å²) in [7, 11) is 0. The molecule has 1 fully saturated rings. The molecule has 6 nitrogen and oxygen atoms in total. The highest BCUT2D eigenvalue weighted by molar-refractivity contribution is 5.23. The molecule has 4 rings (SSSR count). The normalized spacial score (nSPS) is 17.0. The van der Waals surface area contributed by atoms with Crippen LogP contribution in [0, 0.1) is 5.82 Å². The van der Waals surface area contributed by atoms with Gasteiger partial charge in [0.05, 0.1) is 18.3 Å². The van der Waals surface area contributed by atoms with Gasteiger partial charge in [-0.1, -0.05) is 19.1 Å². The summed E-state index contributed by atoms with van der Waals surface area (Å²) in [4.78, 5) is 11.2. The number of benzene rings is 1. The molecule has 7 heteroatoms. The van der Waals surface area contributed by atoms with Gasteiger partial charge in [0.2, 0.25) is 0 Å². The Morgan fingerprint density at radius 2 is 2.07 bits per heavy atom. The lowest BCUT2D eigenvalue weighted by molar-refractivity contribution is 0.243. The van der Waals surface area contributed by atoms with Crippen molar-refractivity contribution in [3.63, 3.8) is 0 Å². The maximum absolute atomic E-state index is 13.6. The molecule has 0 radical (unpaired) electrons. The van der Waals surface area contributed by atoms with Crippen LogP contribution in [0.15, 0.2) is 42.7 Å². The van der Waals surface area contributed by atoms with Gasteiger partial charge in [0.1, 0.15) is 5.82 Å². The zero-order valence-corrected chi connectivity index (χ0v) is 16.6. The first kappa shape index (κ1) is 19.5. The van der Waals surface area contributed by atoms with E-state index in [9.17, 15) is 4.39 Å². The van der Waals surface area contributed by atoms with Crippen LogP contribution in [0.1, 0.15) is 48.6 Å². The largest absolute Gasteiger partial charge is 0.490 e. The van der Waals surface area contributed by atoms with Gasteiger partial charge in [-0.05, 0) is 37.6 Å². The molecule has 29 heavy (non-hydrogen) atoms. The van der Waals surface area contributed by atoms with Crippen molar-refractivity contribution in [2.75, 3.05) is 13.2 Å². The maximum Gasteiger partial charge on any atom is 0.165 e. The topological polar surface area (TPSA) is 66.9 Å². The highest BCUT2D eigenvalue weighted by atomic mass is 19.1. The molecule has 0 aliphatic carbocycles. The van der Waals surface area contributed by atoms with Gasteiger partial charge in [0.25, 0.3) is 0 Å². The van der Waals surface area contributed by atoms with Gasteiger partial charge in [-0.25, -0.2) is 14.4 Å². The van der Waals surface area contributed by atoms with E-state index in [2.05, 4.69) is 38.1 Å². The smallest absolute Gasteiger partial charge is 0.165 e. The van der Waals surface area contributed by atoms with Gasteiger partial charge in [0, 0.05) is 43.0 Å². The standard InChI is InChI=1S/C22H26FN5O/c1-2-22-24-13-16(14-25-22)15-28-10-5-7-20(28)19-12-17(26-27-19)9-11-29-21-8-4-3-6-18(21)23/h3-4,6,8,12-14,20H,2,5,7,9-11,15H2,1H3,(H,26,27)/t20-/m0/s1. The van der Waals surface area contributed by atoms with Gasteiger partial charge in [-0.3, -0.25) is 10.00 Å². The van der Waals surface area contributed by atoms with E-state index < -0.39 is 0 Å². The predicted molar refractivity (Wildman–Crippen MR) is 108 cm³/mol. The van der Waals surface area contributed by atoms with E-state index in [0.29, 0.717) is 19.1 Å². The highest BCUT2D eigenvalue weighted by Gasteiger charge is 2.28. The van der Waals surface area contributed by atoms with Gasteiger partial charge in [0.15, 0.2) is 11.6 Å². The number of halogens is 1. The third-order valence-corrected chi connectivity index (χ3v) is 5.28. The van der Waals surface area contributed by atoms with E-state index in [4.69, 9.17) is 4.74 Å². The minimum absolute atomic E-state index is 0.283. The third-order valence-electron chi connectivity index (χ3n) is 5.28. The summed E-state index contributed by atoms with van der Waals surface area (Å²) in [6.45, 7) is 4.33. The summed E-state index contributed by atoms with van der Waals surface area (Å²) in [5.74, 6) is 0.821. The number of likely N-dealkylation sites (tertiary alicyclic amines) is 1. The highest BCUT2D eigenvalue weighted by Crippen LogP contribution is 2.32. The quantitative estimate of drug-likeness (QED) is 0.627.